The Labute approximate surface area is 153 Å². The highest BCUT2D eigenvalue weighted by Gasteiger charge is 2.52. The molecule has 1 saturated heterocycles. The molecule has 5 heteroatoms. The summed E-state index contributed by atoms with van der Waals surface area (Å²) in [5.74, 6) is 0.970. The van der Waals surface area contributed by atoms with Crippen LogP contribution >= 0.6 is 0 Å². The Balaban J connectivity index is 1.64. The molecule has 0 unspecified atom stereocenters. The molecule has 0 aromatic heterocycles. The number of fused-ring (bicyclic) bond motifs is 3. The van der Waals surface area contributed by atoms with Gasteiger partial charge in [0.15, 0.2) is 0 Å². The smallest absolute Gasteiger partial charge is 0.253 e. The highest BCUT2D eigenvalue weighted by molar-refractivity contribution is 5.95. The van der Waals surface area contributed by atoms with Crippen LogP contribution in [0.1, 0.15) is 21.8 Å². The molecule has 2 aliphatic heterocycles. The highest BCUT2D eigenvalue weighted by Crippen LogP contribution is 2.49. The predicted octanol–water partition coefficient (Wildman–Crippen LogP) is 2.36. The average molecular weight is 352 g/mol. The quantitative estimate of drug-likeness (QED) is 0.921. The third-order valence-corrected chi connectivity index (χ3v) is 5.67. The van der Waals surface area contributed by atoms with Crippen LogP contribution in [0, 0.1) is 5.41 Å². The van der Waals surface area contributed by atoms with Crippen molar-refractivity contribution in [1.29, 1.82) is 0 Å². The van der Waals surface area contributed by atoms with Crippen LogP contribution in [0.3, 0.4) is 0 Å². The summed E-state index contributed by atoms with van der Waals surface area (Å²) in [4.78, 5) is 17.0. The van der Waals surface area contributed by atoms with Crippen molar-refractivity contribution in [3.8, 4) is 5.75 Å². The summed E-state index contributed by atoms with van der Waals surface area (Å²) >= 11 is 0. The van der Waals surface area contributed by atoms with Crippen molar-refractivity contribution in [3.05, 3.63) is 59.7 Å². The first-order valence-corrected chi connectivity index (χ1v) is 8.93. The van der Waals surface area contributed by atoms with Crippen molar-refractivity contribution in [2.45, 2.75) is 5.92 Å². The Hall–Kier alpha value is -2.53. The summed E-state index contributed by atoms with van der Waals surface area (Å²) in [5.41, 5.74) is 2.34. The minimum atomic E-state index is -0.427. The molecule has 2 aromatic rings. The molecule has 2 heterocycles. The van der Waals surface area contributed by atoms with E-state index in [2.05, 4.69) is 0 Å². The number of carbonyl (C=O) groups is 1. The van der Waals surface area contributed by atoms with E-state index in [1.54, 1.807) is 0 Å². The van der Waals surface area contributed by atoms with Gasteiger partial charge in [0.2, 0.25) is 0 Å². The average Bonchev–Trinajstić information content (AvgIpc) is 3.08. The molecule has 0 aliphatic carbocycles. The van der Waals surface area contributed by atoms with Crippen LogP contribution in [0.5, 0.6) is 5.75 Å². The van der Waals surface area contributed by atoms with Crippen LogP contribution < -0.4 is 9.64 Å². The zero-order chi connectivity index (χ0) is 18.3. The fraction of sp³-hybridized carbons (Fsp3) is 0.381. The molecule has 4 rings (SSSR count). The zero-order valence-electron chi connectivity index (χ0n) is 15.2. The number of rotatable bonds is 3. The van der Waals surface area contributed by atoms with Gasteiger partial charge in [-0.25, -0.2) is 0 Å². The van der Waals surface area contributed by atoms with Gasteiger partial charge in [-0.05, 0) is 29.8 Å². The van der Waals surface area contributed by atoms with Gasteiger partial charge in [0.25, 0.3) is 5.91 Å². The number of nitrogens with zero attached hydrogens (tertiary/aromatic N) is 2. The van der Waals surface area contributed by atoms with Gasteiger partial charge in [-0.15, -0.1) is 0 Å². The van der Waals surface area contributed by atoms with E-state index in [0.29, 0.717) is 25.3 Å². The van der Waals surface area contributed by atoms with Crippen LogP contribution in [0.25, 0.3) is 0 Å². The number of para-hydroxylation sites is 1. The Bertz CT molecular complexity index is 836. The number of anilines is 1. The summed E-state index contributed by atoms with van der Waals surface area (Å²) in [5, 5.41) is 10.1. The fourth-order valence-corrected chi connectivity index (χ4v) is 4.12. The van der Waals surface area contributed by atoms with Gasteiger partial charge >= 0.3 is 0 Å². The first kappa shape index (κ1) is 16.9. The minimum Gasteiger partial charge on any atom is -0.493 e. The van der Waals surface area contributed by atoms with Gasteiger partial charge in [-0.2, -0.15) is 0 Å². The number of benzene rings is 2. The summed E-state index contributed by atoms with van der Waals surface area (Å²) in [6, 6.07) is 15.6. The maximum Gasteiger partial charge on any atom is 0.253 e. The molecule has 26 heavy (non-hydrogen) atoms. The van der Waals surface area contributed by atoms with Crippen molar-refractivity contribution in [2.75, 3.05) is 45.3 Å². The molecular formula is C21H24N2O3. The number of aliphatic hydroxyl groups excluding tert-OH is 1. The van der Waals surface area contributed by atoms with Crippen molar-refractivity contribution in [2.24, 2.45) is 5.41 Å². The molecule has 2 aliphatic rings. The molecule has 0 spiro atoms. The molecule has 136 valence electrons. The Kier molecular flexibility index (Phi) is 4.11. The van der Waals surface area contributed by atoms with E-state index < -0.39 is 5.41 Å². The molecular weight excluding hydrogens is 328 g/mol. The summed E-state index contributed by atoms with van der Waals surface area (Å²) in [6.07, 6.45) is 0. The predicted molar refractivity (Wildman–Crippen MR) is 101 cm³/mol. The van der Waals surface area contributed by atoms with E-state index in [0.717, 1.165) is 17.0 Å². The minimum absolute atomic E-state index is 0.00746. The fourth-order valence-electron chi connectivity index (χ4n) is 4.12. The second-order valence-electron chi connectivity index (χ2n) is 7.53. The summed E-state index contributed by atoms with van der Waals surface area (Å²) < 4.78 is 5.91. The first-order chi connectivity index (χ1) is 12.5. The zero-order valence-corrected chi connectivity index (χ0v) is 15.2. The molecule has 2 aromatic carbocycles. The topological polar surface area (TPSA) is 53.0 Å². The van der Waals surface area contributed by atoms with Crippen molar-refractivity contribution >= 4 is 11.6 Å². The van der Waals surface area contributed by atoms with Gasteiger partial charge in [0, 0.05) is 44.4 Å². The Morgan fingerprint density at radius 2 is 2.08 bits per heavy atom. The van der Waals surface area contributed by atoms with Gasteiger partial charge in [-0.3, -0.25) is 4.79 Å². The molecule has 0 radical (unpaired) electrons. The molecule has 1 N–H and O–H groups in total. The van der Waals surface area contributed by atoms with Gasteiger partial charge in [0.05, 0.1) is 18.6 Å². The third kappa shape index (κ3) is 2.63. The third-order valence-electron chi connectivity index (χ3n) is 5.67. The van der Waals surface area contributed by atoms with E-state index in [-0.39, 0.29) is 18.4 Å². The number of aliphatic hydroxyl groups is 1. The molecule has 0 saturated carbocycles. The van der Waals surface area contributed by atoms with Crippen molar-refractivity contribution < 1.29 is 14.6 Å². The van der Waals surface area contributed by atoms with E-state index in [1.807, 2.05) is 72.4 Å². The van der Waals surface area contributed by atoms with Crippen LogP contribution in [-0.2, 0) is 0 Å². The SMILES string of the molecule is CN(C)c1cccc(C(=O)N2C[C@H]3c4ccccc4OC[C@@]3(CO)C2)c1. The standard InChI is InChI=1S/C21H24N2O3/c1-22(2)16-7-5-6-15(10-16)20(25)23-11-18-17-8-3-4-9-19(17)26-14-21(18,12-23)13-24/h3-10,18,24H,11-14H2,1-2H3/t18-,21-/m0/s1. The number of carbonyl (C=O) groups excluding carboxylic acids is 1. The highest BCUT2D eigenvalue weighted by atomic mass is 16.5. The van der Waals surface area contributed by atoms with Crippen molar-refractivity contribution in [1.82, 2.24) is 4.90 Å². The lowest BCUT2D eigenvalue weighted by Gasteiger charge is -2.37. The van der Waals surface area contributed by atoms with E-state index >= 15 is 0 Å². The Morgan fingerprint density at radius 3 is 2.85 bits per heavy atom. The normalized spacial score (nSPS) is 23.8. The lowest BCUT2D eigenvalue weighted by Crippen LogP contribution is -2.42. The van der Waals surface area contributed by atoms with Gasteiger partial charge in [-0.1, -0.05) is 24.3 Å². The van der Waals surface area contributed by atoms with E-state index in [1.165, 1.54) is 0 Å². The molecule has 5 nitrogen and oxygen atoms in total. The van der Waals surface area contributed by atoms with E-state index in [9.17, 15) is 9.90 Å². The van der Waals surface area contributed by atoms with E-state index in [4.69, 9.17) is 4.74 Å². The number of likely N-dealkylation sites (tertiary alicyclic amines) is 1. The number of hydrogen-bond donors (Lipinski definition) is 1. The number of ether oxygens (including phenoxy) is 1. The lowest BCUT2D eigenvalue weighted by molar-refractivity contribution is 0.0440. The molecule has 1 fully saturated rings. The van der Waals surface area contributed by atoms with Crippen LogP contribution in [-0.4, -0.2) is 56.3 Å². The maximum atomic E-state index is 13.1. The summed E-state index contributed by atoms with van der Waals surface area (Å²) in [6.45, 7) is 1.56. The Morgan fingerprint density at radius 1 is 1.27 bits per heavy atom. The van der Waals surface area contributed by atoms with Gasteiger partial charge < -0.3 is 19.6 Å². The number of hydrogen-bond acceptors (Lipinski definition) is 4. The molecule has 0 bridgehead atoms. The lowest BCUT2D eigenvalue weighted by atomic mass is 9.74. The monoisotopic (exact) mass is 352 g/mol. The van der Waals surface area contributed by atoms with Crippen LogP contribution in [0.2, 0.25) is 0 Å². The van der Waals surface area contributed by atoms with Crippen LogP contribution in [0.15, 0.2) is 48.5 Å². The molecule has 2 atom stereocenters. The van der Waals surface area contributed by atoms with Crippen LogP contribution in [0.4, 0.5) is 5.69 Å². The largest absolute Gasteiger partial charge is 0.493 e. The van der Waals surface area contributed by atoms with Crippen molar-refractivity contribution in [3.63, 3.8) is 0 Å². The summed E-state index contributed by atoms with van der Waals surface area (Å²) in [7, 11) is 3.92. The second kappa shape index (κ2) is 6.32. The number of amides is 1. The second-order valence-corrected chi connectivity index (χ2v) is 7.53. The molecule has 1 amide bonds. The maximum absolute atomic E-state index is 13.1. The van der Waals surface area contributed by atoms with Gasteiger partial charge in [0.1, 0.15) is 5.75 Å². The first-order valence-electron chi connectivity index (χ1n) is 8.93.